The highest BCUT2D eigenvalue weighted by atomic mass is 16.5. The Labute approximate surface area is 136 Å². The number of aliphatic hydroxyl groups is 1. The predicted molar refractivity (Wildman–Crippen MR) is 89.2 cm³/mol. The van der Waals surface area contributed by atoms with Crippen LogP contribution in [0.3, 0.4) is 0 Å². The molecule has 1 aliphatic heterocycles. The molecule has 0 radical (unpaired) electrons. The van der Waals surface area contributed by atoms with Gasteiger partial charge in [0.25, 0.3) is 5.91 Å². The summed E-state index contributed by atoms with van der Waals surface area (Å²) in [5.41, 5.74) is 2.27. The minimum atomic E-state index is -0.273. The average molecular weight is 311 g/mol. The number of hydrogen-bond donors (Lipinski definition) is 1. The van der Waals surface area contributed by atoms with Gasteiger partial charge in [-0.15, -0.1) is 0 Å². The molecule has 4 nitrogen and oxygen atoms in total. The van der Waals surface area contributed by atoms with Gasteiger partial charge in [0.15, 0.2) is 6.61 Å². The number of carbonyl (C=O) groups is 1. The predicted octanol–water partition coefficient (Wildman–Crippen LogP) is 2.72. The molecule has 0 bridgehead atoms. The second kappa shape index (κ2) is 7.29. The van der Waals surface area contributed by atoms with Crippen LogP contribution in [0.5, 0.6) is 5.75 Å². The zero-order valence-electron chi connectivity index (χ0n) is 13.0. The number of ether oxygens (including phenoxy) is 1. The molecular formula is C19H21NO3. The number of aliphatic hydroxyl groups excluding tert-OH is 1. The van der Waals surface area contributed by atoms with Crippen LogP contribution in [0.2, 0.25) is 0 Å². The van der Waals surface area contributed by atoms with E-state index in [9.17, 15) is 9.90 Å². The van der Waals surface area contributed by atoms with Crippen molar-refractivity contribution in [3.63, 3.8) is 0 Å². The second-order valence-corrected chi connectivity index (χ2v) is 5.79. The van der Waals surface area contributed by atoms with Gasteiger partial charge in [-0.1, -0.05) is 42.5 Å². The fraction of sp³-hybridized carbons (Fsp3) is 0.316. The highest BCUT2D eigenvalue weighted by molar-refractivity contribution is 5.78. The van der Waals surface area contributed by atoms with Gasteiger partial charge >= 0.3 is 0 Å². The summed E-state index contributed by atoms with van der Waals surface area (Å²) in [6, 6.07) is 17.9. The number of amides is 1. The van der Waals surface area contributed by atoms with Crippen LogP contribution in [0.4, 0.5) is 0 Å². The lowest BCUT2D eigenvalue weighted by molar-refractivity contribution is -0.135. The third-order valence-electron chi connectivity index (χ3n) is 4.14. The van der Waals surface area contributed by atoms with Crippen molar-refractivity contribution in [3.05, 3.63) is 54.6 Å². The summed E-state index contributed by atoms with van der Waals surface area (Å²) >= 11 is 0. The van der Waals surface area contributed by atoms with Crippen molar-refractivity contribution in [2.45, 2.75) is 18.9 Å². The Morgan fingerprint density at radius 2 is 1.61 bits per heavy atom. The summed E-state index contributed by atoms with van der Waals surface area (Å²) in [6.07, 6.45) is 1.03. The molecule has 1 N–H and O–H groups in total. The molecule has 0 aliphatic carbocycles. The molecular weight excluding hydrogens is 290 g/mol. The monoisotopic (exact) mass is 311 g/mol. The molecule has 2 aromatic carbocycles. The highest BCUT2D eigenvalue weighted by Crippen LogP contribution is 2.22. The van der Waals surface area contributed by atoms with Gasteiger partial charge in [-0.25, -0.2) is 0 Å². The van der Waals surface area contributed by atoms with Crippen molar-refractivity contribution in [3.8, 4) is 16.9 Å². The van der Waals surface area contributed by atoms with Crippen molar-refractivity contribution >= 4 is 5.91 Å². The number of hydrogen-bond acceptors (Lipinski definition) is 3. The normalized spacial score (nSPS) is 15.4. The van der Waals surface area contributed by atoms with Crippen molar-refractivity contribution in [2.75, 3.05) is 19.7 Å². The topological polar surface area (TPSA) is 49.8 Å². The van der Waals surface area contributed by atoms with Gasteiger partial charge in [0, 0.05) is 13.1 Å². The third kappa shape index (κ3) is 4.11. The zero-order chi connectivity index (χ0) is 16.1. The first-order valence-electron chi connectivity index (χ1n) is 7.96. The summed E-state index contributed by atoms with van der Waals surface area (Å²) in [7, 11) is 0. The summed E-state index contributed by atoms with van der Waals surface area (Å²) < 4.78 is 5.59. The molecule has 0 aromatic heterocycles. The number of piperidine rings is 1. The maximum absolute atomic E-state index is 12.1. The average Bonchev–Trinajstić information content (AvgIpc) is 2.61. The molecule has 0 unspecified atom stereocenters. The molecule has 4 heteroatoms. The maximum Gasteiger partial charge on any atom is 0.260 e. The van der Waals surface area contributed by atoms with Crippen LogP contribution in [0.1, 0.15) is 12.8 Å². The van der Waals surface area contributed by atoms with Gasteiger partial charge < -0.3 is 14.7 Å². The second-order valence-electron chi connectivity index (χ2n) is 5.79. The first-order chi connectivity index (χ1) is 11.2. The maximum atomic E-state index is 12.1. The molecule has 120 valence electrons. The fourth-order valence-electron chi connectivity index (χ4n) is 2.73. The minimum Gasteiger partial charge on any atom is -0.484 e. The Balaban J connectivity index is 1.53. The molecule has 3 rings (SSSR count). The van der Waals surface area contributed by atoms with E-state index >= 15 is 0 Å². The Hall–Kier alpha value is -2.33. The summed E-state index contributed by atoms with van der Waals surface area (Å²) in [4.78, 5) is 13.8. The van der Waals surface area contributed by atoms with E-state index in [2.05, 4.69) is 12.1 Å². The molecule has 1 aliphatic rings. The third-order valence-corrected chi connectivity index (χ3v) is 4.14. The van der Waals surface area contributed by atoms with E-state index < -0.39 is 0 Å². The SMILES string of the molecule is O=C(COc1ccc(-c2ccccc2)cc1)N1CCC(O)CC1. The van der Waals surface area contributed by atoms with Crippen LogP contribution >= 0.6 is 0 Å². The molecule has 1 heterocycles. The molecule has 23 heavy (non-hydrogen) atoms. The van der Waals surface area contributed by atoms with Gasteiger partial charge in [-0.2, -0.15) is 0 Å². The molecule has 1 fully saturated rings. The van der Waals surface area contributed by atoms with E-state index in [1.54, 1.807) is 4.90 Å². The number of carbonyl (C=O) groups excluding carboxylic acids is 1. The van der Waals surface area contributed by atoms with E-state index in [1.807, 2.05) is 42.5 Å². The van der Waals surface area contributed by atoms with Gasteiger partial charge in [0.05, 0.1) is 6.10 Å². The number of likely N-dealkylation sites (tertiary alicyclic amines) is 1. The smallest absolute Gasteiger partial charge is 0.260 e. The zero-order valence-corrected chi connectivity index (χ0v) is 13.0. The number of nitrogens with zero attached hydrogens (tertiary/aromatic N) is 1. The molecule has 0 spiro atoms. The van der Waals surface area contributed by atoms with Crippen LogP contribution in [0, 0.1) is 0 Å². The van der Waals surface area contributed by atoms with Gasteiger partial charge in [0.1, 0.15) is 5.75 Å². The first-order valence-corrected chi connectivity index (χ1v) is 7.96. The van der Waals surface area contributed by atoms with Gasteiger partial charge in [0.2, 0.25) is 0 Å². The lowest BCUT2D eigenvalue weighted by Crippen LogP contribution is -2.42. The van der Waals surface area contributed by atoms with Gasteiger partial charge in [-0.05, 0) is 36.1 Å². The molecule has 0 saturated carbocycles. The van der Waals surface area contributed by atoms with E-state index in [-0.39, 0.29) is 18.6 Å². The standard InChI is InChI=1S/C19H21NO3/c21-17-10-12-20(13-11-17)19(22)14-23-18-8-6-16(7-9-18)15-4-2-1-3-5-15/h1-9,17,21H,10-14H2. The number of rotatable bonds is 4. The number of benzene rings is 2. The summed E-state index contributed by atoms with van der Waals surface area (Å²) in [5.74, 6) is 0.666. The molecule has 0 atom stereocenters. The Bertz CT molecular complexity index is 631. The van der Waals surface area contributed by atoms with Gasteiger partial charge in [-0.3, -0.25) is 4.79 Å². The molecule has 1 amide bonds. The highest BCUT2D eigenvalue weighted by Gasteiger charge is 2.21. The van der Waals surface area contributed by atoms with E-state index in [0.717, 1.165) is 11.1 Å². The van der Waals surface area contributed by atoms with E-state index in [0.29, 0.717) is 31.7 Å². The Kier molecular flexibility index (Phi) is 4.93. The van der Waals surface area contributed by atoms with Crippen LogP contribution in [0.25, 0.3) is 11.1 Å². The Morgan fingerprint density at radius 3 is 2.26 bits per heavy atom. The van der Waals surface area contributed by atoms with Crippen LogP contribution in [-0.2, 0) is 4.79 Å². The minimum absolute atomic E-state index is 0.0240. The van der Waals surface area contributed by atoms with Crippen LogP contribution in [-0.4, -0.2) is 41.7 Å². The fourth-order valence-corrected chi connectivity index (χ4v) is 2.73. The largest absolute Gasteiger partial charge is 0.484 e. The van der Waals surface area contributed by atoms with Crippen molar-refractivity contribution in [1.82, 2.24) is 4.90 Å². The van der Waals surface area contributed by atoms with Crippen molar-refractivity contribution < 1.29 is 14.6 Å². The van der Waals surface area contributed by atoms with Crippen molar-refractivity contribution in [1.29, 1.82) is 0 Å². The summed E-state index contributed by atoms with van der Waals surface area (Å²) in [5, 5.41) is 9.47. The van der Waals surface area contributed by atoms with Crippen LogP contribution in [0.15, 0.2) is 54.6 Å². The quantitative estimate of drug-likeness (QED) is 0.944. The lowest BCUT2D eigenvalue weighted by Gasteiger charge is -2.29. The van der Waals surface area contributed by atoms with Crippen molar-refractivity contribution in [2.24, 2.45) is 0 Å². The first kappa shape index (κ1) is 15.6. The lowest BCUT2D eigenvalue weighted by atomic mass is 10.1. The molecule has 1 saturated heterocycles. The van der Waals surface area contributed by atoms with E-state index in [1.165, 1.54) is 0 Å². The summed E-state index contributed by atoms with van der Waals surface area (Å²) in [6.45, 7) is 1.26. The van der Waals surface area contributed by atoms with E-state index in [4.69, 9.17) is 4.74 Å². The van der Waals surface area contributed by atoms with Crippen LogP contribution < -0.4 is 4.74 Å². The molecule has 2 aromatic rings. The Morgan fingerprint density at radius 1 is 1.00 bits per heavy atom.